The molecule has 1 aliphatic carbocycles. The van der Waals surface area contributed by atoms with E-state index in [4.69, 9.17) is 5.73 Å². The quantitative estimate of drug-likeness (QED) is 0.819. The predicted octanol–water partition coefficient (Wildman–Crippen LogP) is 2.54. The van der Waals surface area contributed by atoms with E-state index >= 15 is 0 Å². The first kappa shape index (κ1) is 21.0. The van der Waals surface area contributed by atoms with Crippen molar-refractivity contribution in [1.82, 2.24) is 9.80 Å². The van der Waals surface area contributed by atoms with Gasteiger partial charge in [0.1, 0.15) is 6.54 Å². The van der Waals surface area contributed by atoms with E-state index < -0.39 is 30.1 Å². The van der Waals surface area contributed by atoms with E-state index in [1.165, 1.54) is 6.92 Å². The van der Waals surface area contributed by atoms with Crippen molar-refractivity contribution < 1.29 is 22.8 Å². The van der Waals surface area contributed by atoms with Crippen LogP contribution in [0.25, 0.3) is 0 Å². The zero-order valence-electron chi connectivity index (χ0n) is 15.6. The second-order valence-corrected chi connectivity index (χ2v) is 7.90. The number of piperidine rings is 1. The highest BCUT2D eigenvalue weighted by Gasteiger charge is 2.42. The van der Waals surface area contributed by atoms with Gasteiger partial charge in [0.05, 0.1) is 11.8 Å². The Morgan fingerprint density at radius 2 is 1.92 bits per heavy atom. The second-order valence-electron chi connectivity index (χ2n) is 7.90. The first-order valence-corrected chi connectivity index (χ1v) is 9.48. The topological polar surface area (TPSA) is 66.6 Å². The third-order valence-corrected chi connectivity index (χ3v) is 5.70. The third-order valence-electron chi connectivity index (χ3n) is 5.70. The van der Waals surface area contributed by atoms with E-state index in [1.54, 1.807) is 4.90 Å². The molecule has 0 aromatic rings. The summed E-state index contributed by atoms with van der Waals surface area (Å²) in [7, 11) is 0. The smallest absolute Gasteiger partial charge is 0.342 e. The van der Waals surface area contributed by atoms with Crippen molar-refractivity contribution >= 4 is 11.8 Å². The maximum Gasteiger partial charge on any atom is 0.406 e. The molecule has 2 fully saturated rings. The number of nitrogens with two attached hydrogens (primary N) is 1. The average molecular weight is 377 g/mol. The van der Waals surface area contributed by atoms with Crippen LogP contribution in [0.1, 0.15) is 52.4 Å². The van der Waals surface area contributed by atoms with Gasteiger partial charge in [-0.05, 0) is 39.5 Å². The van der Waals surface area contributed by atoms with Crippen LogP contribution in [0.2, 0.25) is 0 Å². The first-order valence-electron chi connectivity index (χ1n) is 9.48. The molecule has 0 spiro atoms. The van der Waals surface area contributed by atoms with Crippen molar-refractivity contribution in [3.05, 3.63) is 0 Å². The van der Waals surface area contributed by atoms with Gasteiger partial charge in [-0.3, -0.25) is 9.59 Å². The molecule has 3 atom stereocenters. The minimum Gasteiger partial charge on any atom is -0.342 e. The van der Waals surface area contributed by atoms with Crippen molar-refractivity contribution in [3.63, 3.8) is 0 Å². The number of likely N-dealkylation sites (tertiary alicyclic amines) is 1. The molecule has 0 bridgehead atoms. The standard InChI is InChI=1S/C18H30F3N3O2/c1-3-23(12-18(19,20)21)15(25)13-7-6-10-24(11-13)16(26)14-8-4-5-9-17(14,2)22/h13-14H,3-12,22H2,1-2H3. The van der Waals surface area contributed by atoms with Gasteiger partial charge in [-0.15, -0.1) is 0 Å². The van der Waals surface area contributed by atoms with Gasteiger partial charge in [-0.1, -0.05) is 12.8 Å². The van der Waals surface area contributed by atoms with Crippen LogP contribution in [0, 0.1) is 11.8 Å². The lowest BCUT2D eigenvalue weighted by atomic mass is 9.73. The van der Waals surface area contributed by atoms with E-state index in [0.717, 1.165) is 30.6 Å². The molecule has 2 rings (SSSR count). The highest BCUT2D eigenvalue weighted by Crippen LogP contribution is 2.34. The predicted molar refractivity (Wildman–Crippen MR) is 92.2 cm³/mol. The van der Waals surface area contributed by atoms with Crippen LogP contribution >= 0.6 is 0 Å². The monoisotopic (exact) mass is 377 g/mol. The van der Waals surface area contributed by atoms with Gasteiger partial charge in [0.2, 0.25) is 11.8 Å². The van der Waals surface area contributed by atoms with Crippen molar-refractivity contribution in [2.75, 3.05) is 26.2 Å². The molecule has 1 heterocycles. The maximum atomic E-state index is 12.9. The summed E-state index contributed by atoms with van der Waals surface area (Å²) >= 11 is 0. The zero-order chi connectivity index (χ0) is 19.5. The van der Waals surface area contributed by atoms with Gasteiger partial charge in [0, 0.05) is 25.2 Å². The molecule has 5 nitrogen and oxygen atoms in total. The van der Waals surface area contributed by atoms with Gasteiger partial charge in [-0.2, -0.15) is 13.2 Å². The van der Waals surface area contributed by atoms with E-state index in [-0.39, 0.29) is 24.9 Å². The fourth-order valence-corrected chi connectivity index (χ4v) is 4.18. The maximum absolute atomic E-state index is 12.9. The van der Waals surface area contributed by atoms with Crippen molar-refractivity contribution in [2.24, 2.45) is 17.6 Å². The van der Waals surface area contributed by atoms with Crippen molar-refractivity contribution in [1.29, 1.82) is 0 Å². The highest BCUT2D eigenvalue weighted by molar-refractivity contribution is 5.83. The van der Waals surface area contributed by atoms with Crippen LogP contribution in [0.15, 0.2) is 0 Å². The highest BCUT2D eigenvalue weighted by atomic mass is 19.4. The number of amides is 2. The Morgan fingerprint density at radius 1 is 1.23 bits per heavy atom. The number of alkyl halides is 3. The molecular formula is C18H30F3N3O2. The number of rotatable bonds is 4. The zero-order valence-corrected chi connectivity index (χ0v) is 15.6. The second kappa shape index (κ2) is 8.15. The van der Waals surface area contributed by atoms with Gasteiger partial charge >= 0.3 is 6.18 Å². The normalized spacial score (nSPS) is 30.2. The SMILES string of the molecule is CCN(CC(F)(F)F)C(=O)C1CCCN(C(=O)C2CCCCC2(C)N)C1. The van der Waals surface area contributed by atoms with E-state index in [9.17, 15) is 22.8 Å². The summed E-state index contributed by atoms with van der Waals surface area (Å²) in [4.78, 5) is 28.0. The lowest BCUT2D eigenvalue weighted by molar-refractivity contribution is -0.165. The molecule has 0 aromatic carbocycles. The minimum absolute atomic E-state index is 0.00624. The third kappa shape index (κ3) is 5.11. The van der Waals surface area contributed by atoms with Gasteiger partial charge in [0.15, 0.2) is 0 Å². The molecule has 8 heteroatoms. The summed E-state index contributed by atoms with van der Waals surface area (Å²) in [6.45, 7) is 2.93. The molecule has 3 unspecified atom stereocenters. The van der Waals surface area contributed by atoms with E-state index in [2.05, 4.69) is 0 Å². The molecule has 2 aliphatic rings. The Kier molecular flexibility index (Phi) is 6.58. The number of carbonyl (C=O) groups excluding carboxylic acids is 2. The molecule has 1 saturated heterocycles. The van der Waals surface area contributed by atoms with Crippen molar-refractivity contribution in [3.8, 4) is 0 Å². The molecule has 1 saturated carbocycles. The lowest BCUT2D eigenvalue weighted by Gasteiger charge is -2.42. The Balaban J connectivity index is 2.03. The van der Waals surface area contributed by atoms with Crippen LogP contribution in [0.4, 0.5) is 13.2 Å². The summed E-state index contributed by atoms with van der Waals surface area (Å²) in [6, 6.07) is 0. The summed E-state index contributed by atoms with van der Waals surface area (Å²) in [5.41, 5.74) is 5.76. The molecule has 1 aliphatic heterocycles. The summed E-state index contributed by atoms with van der Waals surface area (Å²) in [5.74, 6) is -1.40. The summed E-state index contributed by atoms with van der Waals surface area (Å²) in [5, 5.41) is 0. The first-order chi connectivity index (χ1) is 12.0. The number of hydrogen-bond donors (Lipinski definition) is 1. The van der Waals surface area contributed by atoms with Crippen molar-refractivity contribution in [2.45, 2.75) is 64.1 Å². The van der Waals surface area contributed by atoms with Gasteiger partial charge < -0.3 is 15.5 Å². The Bertz CT molecular complexity index is 522. The molecule has 2 N–H and O–H groups in total. The average Bonchev–Trinajstić information content (AvgIpc) is 2.57. The fourth-order valence-electron chi connectivity index (χ4n) is 4.18. The number of carbonyl (C=O) groups is 2. The summed E-state index contributed by atoms with van der Waals surface area (Å²) < 4.78 is 38.0. The van der Waals surface area contributed by atoms with Crippen LogP contribution < -0.4 is 5.73 Å². The lowest BCUT2D eigenvalue weighted by Crippen LogP contribution is -2.56. The number of halogens is 3. The van der Waals surface area contributed by atoms with E-state index in [0.29, 0.717) is 19.4 Å². The van der Waals surface area contributed by atoms with Gasteiger partial charge in [0.25, 0.3) is 0 Å². The minimum atomic E-state index is -4.42. The van der Waals surface area contributed by atoms with Crippen LogP contribution in [-0.2, 0) is 9.59 Å². The molecule has 0 aromatic heterocycles. The van der Waals surface area contributed by atoms with Crippen LogP contribution in [0.3, 0.4) is 0 Å². The van der Waals surface area contributed by atoms with Crippen LogP contribution in [0.5, 0.6) is 0 Å². The molecular weight excluding hydrogens is 347 g/mol. The Labute approximate surface area is 153 Å². The Hall–Kier alpha value is -1.31. The van der Waals surface area contributed by atoms with Crippen LogP contribution in [-0.4, -0.2) is 59.5 Å². The fraction of sp³-hybridized carbons (Fsp3) is 0.889. The van der Waals surface area contributed by atoms with Gasteiger partial charge in [-0.25, -0.2) is 0 Å². The molecule has 150 valence electrons. The molecule has 26 heavy (non-hydrogen) atoms. The number of nitrogens with zero attached hydrogens (tertiary/aromatic N) is 2. The summed E-state index contributed by atoms with van der Waals surface area (Å²) in [6.07, 6.45) is 0.195. The number of hydrogen-bond acceptors (Lipinski definition) is 3. The Morgan fingerprint density at radius 3 is 2.50 bits per heavy atom. The largest absolute Gasteiger partial charge is 0.406 e. The van der Waals surface area contributed by atoms with E-state index in [1.807, 2.05) is 6.92 Å². The molecule has 0 radical (unpaired) electrons. The molecule has 2 amide bonds.